The van der Waals surface area contributed by atoms with Gasteiger partial charge >= 0.3 is 0 Å². The molecular weight excluding hydrogens is 194 g/mol. The number of nitrogens with zero attached hydrogens (tertiary/aromatic N) is 2. The lowest BCUT2D eigenvalue weighted by atomic mass is 10.1. The Morgan fingerprint density at radius 1 is 1.43 bits per heavy atom. The Balaban J connectivity index is 2.46. The summed E-state index contributed by atoms with van der Waals surface area (Å²) in [6.45, 7) is 4.42. The summed E-state index contributed by atoms with van der Waals surface area (Å²) < 4.78 is 0. The van der Waals surface area contributed by atoms with Crippen LogP contribution in [0.5, 0.6) is 0 Å². The molecule has 0 saturated carbocycles. The van der Waals surface area contributed by atoms with Gasteiger partial charge in [0.05, 0.1) is 5.39 Å². The van der Waals surface area contributed by atoms with Crippen molar-refractivity contribution in [2.45, 2.75) is 20.3 Å². The van der Waals surface area contributed by atoms with Crippen molar-refractivity contribution in [2.24, 2.45) is 5.92 Å². The van der Waals surface area contributed by atoms with E-state index in [1.807, 2.05) is 0 Å². The summed E-state index contributed by atoms with van der Waals surface area (Å²) in [5.74, 6) is 1.25. The van der Waals surface area contributed by atoms with Gasteiger partial charge in [-0.25, -0.2) is 9.97 Å². The number of hydrogen-bond acceptors (Lipinski definition) is 4. The van der Waals surface area contributed by atoms with E-state index in [1.54, 1.807) is 11.3 Å². The van der Waals surface area contributed by atoms with Gasteiger partial charge in [0.1, 0.15) is 17.0 Å². The van der Waals surface area contributed by atoms with E-state index < -0.39 is 0 Å². The molecule has 2 heterocycles. The van der Waals surface area contributed by atoms with E-state index in [4.69, 9.17) is 5.73 Å². The number of anilines is 1. The summed E-state index contributed by atoms with van der Waals surface area (Å²) in [5.41, 5.74) is 5.76. The Bertz CT molecular complexity index is 448. The zero-order valence-electron chi connectivity index (χ0n) is 8.32. The molecule has 2 aromatic rings. The summed E-state index contributed by atoms with van der Waals surface area (Å²) >= 11 is 1.71. The van der Waals surface area contributed by atoms with E-state index in [9.17, 15) is 0 Å². The van der Waals surface area contributed by atoms with Crippen molar-refractivity contribution in [1.82, 2.24) is 9.97 Å². The summed E-state index contributed by atoms with van der Waals surface area (Å²) in [5, 5.41) is 0.994. The topological polar surface area (TPSA) is 51.8 Å². The van der Waals surface area contributed by atoms with E-state index >= 15 is 0 Å². The Morgan fingerprint density at radius 3 is 2.86 bits per heavy atom. The van der Waals surface area contributed by atoms with Crippen LogP contribution < -0.4 is 5.73 Å². The molecule has 2 rings (SSSR count). The molecule has 4 heteroatoms. The van der Waals surface area contributed by atoms with Crippen molar-refractivity contribution in [3.05, 3.63) is 17.3 Å². The Morgan fingerprint density at radius 2 is 2.21 bits per heavy atom. The second-order valence-corrected chi connectivity index (χ2v) is 4.90. The molecule has 0 radical (unpaired) electrons. The third-order valence-electron chi connectivity index (χ3n) is 2.02. The van der Waals surface area contributed by atoms with Gasteiger partial charge in [0.15, 0.2) is 0 Å². The zero-order valence-corrected chi connectivity index (χ0v) is 9.14. The molecule has 74 valence electrons. The van der Waals surface area contributed by atoms with Gasteiger partial charge in [-0.05, 0) is 18.4 Å². The zero-order chi connectivity index (χ0) is 10.1. The van der Waals surface area contributed by atoms with Gasteiger partial charge in [-0.1, -0.05) is 13.8 Å². The fourth-order valence-electron chi connectivity index (χ4n) is 1.43. The predicted octanol–water partition coefficient (Wildman–Crippen LogP) is 2.47. The van der Waals surface area contributed by atoms with E-state index in [2.05, 4.69) is 29.9 Å². The predicted molar refractivity (Wildman–Crippen MR) is 60.4 cm³/mol. The molecular formula is C10H13N3S. The third-order valence-corrected chi connectivity index (χ3v) is 3.09. The number of nitrogens with two attached hydrogens (primary N) is 1. The highest BCUT2D eigenvalue weighted by Crippen LogP contribution is 2.27. The van der Waals surface area contributed by atoms with Gasteiger partial charge in [0, 0.05) is 4.88 Å². The van der Waals surface area contributed by atoms with Crippen molar-refractivity contribution in [2.75, 3.05) is 5.73 Å². The van der Waals surface area contributed by atoms with Crippen molar-refractivity contribution in [1.29, 1.82) is 0 Å². The number of nitrogen functional groups attached to an aromatic ring is 1. The lowest BCUT2D eigenvalue weighted by molar-refractivity contribution is 0.654. The highest BCUT2D eigenvalue weighted by Gasteiger charge is 2.07. The quantitative estimate of drug-likeness (QED) is 0.823. The lowest BCUT2D eigenvalue weighted by Crippen LogP contribution is -1.90. The first-order chi connectivity index (χ1) is 6.66. The smallest absolute Gasteiger partial charge is 0.135 e. The van der Waals surface area contributed by atoms with E-state index in [0.717, 1.165) is 16.6 Å². The molecule has 0 amide bonds. The van der Waals surface area contributed by atoms with Crippen LogP contribution in [0.2, 0.25) is 0 Å². The minimum atomic E-state index is 0.584. The van der Waals surface area contributed by atoms with Gasteiger partial charge < -0.3 is 5.73 Å². The number of hydrogen-bond donors (Lipinski definition) is 1. The van der Waals surface area contributed by atoms with E-state index in [-0.39, 0.29) is 0 Å². The number of thiophene rings is 1. The standard InChI is InChI=1S/C10H13N3S/c1-6(2)3-7-4-8-9(11)12-5-13-10(8)14-7/h4-6H,3H2,1-2H3,(H2,11,12,13). The van der Waals surface area contributed by atoms with Crippen LogP contribution in [-0.4, -0.2) is 9.97 Å². The second kappa shape index (κ2) is 3.53. The van der Waals surface area contributed by atoms with Crippen LogP contribution in [-0.2, 0) is 6.42 Å². The van der Waals surface area contributed by atoms with Crippen LogP contribution >= 0.6 is 11.3 Å². The molecule has 2 N–H and O–H groups in total. The molecule has 0 aliphatic carbocycles. The van der Waals surface area contributed by atoms with Gasteiger partial charge in [-0.15, -0.1) is 11.3 Å². The lowest BCUT2D eigenvalue weighted by Gasteiger charge is -1.98. The molecule has 0 saturated heterocycles. The van der Waals surface area contributed by atoms with Gasteiger partial charge in [0.25, 0.3) is 0 Å². The minimum absolute atomic E-state index is 0.584. The Kier molecular flexibility index (Phi) is 2.37. The van der Waals surface area contributed by atoms with Crippen molar-refractivity contribution >= 4 is 27.4 Å². The fourth-order valence-corrected chi connectivity index (χ4v) is 2.64. The van der Waals surface area contributed by atoms with Crippen LogP contribution in [0.1, 0.15) is 18.7 Å². The highest BCUT2D eigenvalue weighted by molar-refractivity contribution is 7.18. The molecule has 0 aliphatic heterocycles. The molecule has 3 nitrogen and oxygen atoms in total. The minimum Gasteiger partial charge on any atom is -0.383 e. The first-order valence-corrected chi connectivity index (χ1v) is 5.47. The largest absolute Gasteiger partial charge is 0.383 e. The average Bonchev–Trinajstić information content (AvgIpc) is 2.47. The second-order valence-electron chi connectivity index (χ2n) is 3.79. The first-order valence-electron chi connectivity index (χ1n) is 4.65. The number of aromatic nitrogens is 2. The molecule has 0 fully saturated rings. The highest BCUT2D eigenvalue weighted by atomic mass is 32.1. The molecule has 14 heavy (non-hydrogen) atoms. The molecule has 0 atom stereocenters. The Labute approximate surface area is 87.0 Å². The fraction of sp³-hybridized carbons (Fsp3) is 0.400. The molecule has 0 spiro atoms. The van der Waals surface area contributed by atoms with Gasteiger partial charge in [0.2, 0.25) is 0 Å². The number of rotatable bonds is 2. The van der Waals surface area contributed by atoms with E-state index in [0.29, 0.717) is 11.7 Å². The SMILES string of the molecule is CC(C)Cc1cc2c(N)ncnc2s1. The maximum atomic E-state index is 5.76. The summed E-state index contributed by atoms with van der Waals surface area (Å²) in [4.78, 5) is 10.5. The van der Waals surface area contributed by atoms with Crippen LogP contribution in [0.15, 0.2) is 12.4 Å². The van der Waals surface area contributed by atoms with Crippen LogP contribution in [0.4, 0.5) is 5.82 Å². The van der Waals surface area contributed by atoms with Crippen molar-refractivity contribution in [3.8, 4) is 0 Å². The molecule has 0 aliphatic rings. The van der Waals surface area contributed by atoms with E-state index in [1.165, 1.54) is 11.2 Å². The van der Waals surface area contributed by atoms with Gasteiger partial charge in [-0.3, -0.25) is 0 Å². The summed E-state index contributed by atoms with van der Waals surface area (Å²) in [7, 11) is 0. The van der Waals surface area contributed by atoms with Crippen molar-refractivity contribution < 1.29 is 0 Å². The number of fused-ring (bicyclic) bond motifs is 1. The molecule has 0 bridgehead atoms. The maximum absolute atomic E-state index is 5.76. The third kappa shape index (κ3) is 1.70. The molecule has 0 unspecified atom stereocenters. The van der Waals surface area contributed by atoms with Crippen molar-refractivity contribution in [3.63, 3.8) is 0 Å². The molecule has 0 aromatic carbocycles. The van der Waals surface area contributed by atoms with Crippen LogP contribution in [0, 0.1) is 5.92 Å². The first kappa shape index (κ1) is 9.40. The maximum Gasteiger partial charge on any atom is 0.135 e. The Hall–Kier alpha value is -1.16. The summed E-state index contributed by atoms with van der Waals surface area (Å²) in [6, 6.07) is 2.11. The van der Waals surface area contributed by atoms with Crippen LogP contribution in [0.3, 0.4) is 0 Å². The normalized spacial score (nSPS) is 11.4. The summed E-state index contributed by atoms with van der Waals surface area (Å²) in [6.07, 6.45) is 2.60. The van der Waals surface area contributed by atoms with Crippen LogP contribution in [0.25, 0.3) is 10.2 Å². The average molecular weight is 207 g/mol. The monoisotopic (exact) mass is 207 g/mol. The van der Waals surface area contributed by atoms with Gasteiger partial charge in [-0.2, -0.15) is 0 Å². The molecule has 2 aromatic heterocycles.